The zero-order valence-electron chi connectivity index (χ0n) is 18.5. The molecule has 32 heavy (non-hydrogen) atoms. The fourth-order valence-electron chi connectivity index (χ4n) is 4.93. The topological polar surface area (TPSA) is 86.6 Å². The summed E-state index contributed by atoms with van der Waals surface area (Å²) in [5, 5.41) is 1.52. The second-order valence-corrected chi connectivity index (χ2v) is 9.27. The van der Waals surface area contributed by atoms with Gasteiger partial charge in [0.1, 0.15) is 11.9 Å². The average molecular weight is 434 g/mol. The molecule has 1 spiro atoms. The van der Waals surface area contributed by atoms with Gasteiger partial charge in [0.2, 0.25) is 11.7 Å². The fourth-order valence-corrected chi connectivity index (χ4v) is 4.93. The summed E-state index contributed by atoms with van der Waals surface area (Å²) in [5.41, 5.74) is 7.41. The van der Waals surface area contributed by atoms with Gasteiger partial charge in [-0.1, -0.05) is 12.6 Å². The van der Waals surface area contributed by atoms with Gasteiger partial charge < -0.3 is 20.1 Å². The molecule has 3 aliphatic heterocycles. The van der Waals surface area contributed by atoms with Crippen LogP contribution in [0.5, 0.6) is 5.75 Å². The van der Waals surface area contributed by atoms with Crippen molar-refractivity contribution in [2.75, 3.05) is 13.7 Å². The highest BCUT2D eigenvalue weighted by Crippen LogP contribution is 2.49. The minimum atomic E-state index is -0.951. The van der Waals surface area contributed by atoms with Gasteiger partial charge in [-0.05, 0) is 57.0 Å². The summed E-state index contributed by atoms with van der Waals surface area (Å²) in [6.45, 7) is 12.2. The number of aromatic nitrogens is 1. The SMILES string of the molecule is [C-]#[N+]c1cccc(-c2ccc3c(c2)C2(CC(C4CCOC(C)(C)C4)O3)N=C(N)N(C)O2)n1. The lowest BCUT2D eigenvalue weighted by molar-refractivity contribution is -0.198. The normalized spacial score (nSPS) is 28.6. The van der Waals surface area contributed by atoms with Crippen LogP contribution >= 0.6 is 0 Å². The number of ether oxygens (including phenoxy) is 2. The van der Waals surface area contributed by atoms with Crippen molar-refractivity contribution in [1.29, 1.82) is 0 Å². The molecule has 3 atom stereocenters. The first-order valence-electron chi connectivity index (χ1n) is 10.9. The highest BCUT2D eigenvalue weighted by molar-refractivity contribution is 5.79. The Hall–Kier alpha value is -3.15. The maximum Gasteiger partial charge on any atom is 0.270 e. The Balaban J connectivity index is 1.56. The van der Waals surface area contributed by atoms with Crippen LogP contribution in [0.15, 0.2) is 41.4 Å². The Morgan fingerprint density at radius 3 is 2.78 bits per heavy atom. The van der Waals surface area contributed by atoms with Crippen molar-refractivity contribution in [2.45, 2.75) is 50.5 Å². The predicted octanol–water partition coefficient (Wildman–Crippen LogP) is 4.00. The van der Waals surface area contributed by atoms with Crippen molar-refractivity contribution in [2.24, 2.45) is 16.6 Å². The lowest BCUT2D eigenvalue weighted by Gasteiger charge is -2.44. The molecule has 0 saturated carbocycles. The molecule has 0 radical (unpaired) electrons. The van der Waals surface area contributed by atoms with Crippen LogP contribution in [-0.4, -0.2) is 41.4 Å². The van der Waals surface area contributed by atoms with E-state index in [-0.39, 0.29) is 11.7 Å². The molecule has 2 N–H and O–H groups in total. The number of hydrogen-bond acceptors (Lipinski definition) is 7. The largest absolute Gasteiger partial charge is 0.489 e. The second-order valence-electron chi connectivity index (χ2n) is 9.27. The third-order valence-corrected chi connectivity index (χ3v) is 6.47. The van der Waals surface area contributed by atoms with Gasteiger partial charge in [0.25, 0.3) is 5.82 Å². The van der Waals surface area contributed by atoms with Crippen LogP contribution in [0.1, 0.15) is 38.7 Å². The summed E-state index contributed by atoms with van der Waals surface area (Å²) in [6, 6.07) is 11.3. The summed E-state index contributed by atoms with van der Waals surface area (Å²) >= 11 is 0. The number of benzene rings is 1. The molecule has 4 heterocycles. The third kappa shape index (κ3) is 3.57. The molecule has 3 aliphatic rings. The fraction of sp³-hybridized carbons (Fsp3) is 0.458. The molecule has 2 aromatic rings. The monoisotopic (exact) mass is 433 g/mol. The van der Waals surface area contributed by atoms with Crippen molar-refractivity contribution < 1.29 is 14.3 Å². The van der Waals surface area contributed by atoms with E-state index in [4.69, 9.17) is 31.6 Å². The quantitative estimate of drug-likeness (QED) is 0.721. The lowest BCUT2D eigenvalue weighted by atomic mass is 9.79. The Morgan fingerprint density at radius 1 is 1.22 bits per heavy atom. The molecular weight excluding hydrogens is 406 g/mol. The van der Waals surface area contributed by atoms with E-state index in [2.05, 4.69) is 23.7 Å². The summed E-state index contributed by atoms with van der Waals surface area (Å²) in [4.78, 5) is 18.9. The van der Waals surface area contributed by atoms with E-state index < -0.39 is 5.72 Å². The minimum absolute atomic E-state index is 0.0665. The van der Waals surface area contributed by atoms with Crippen LogP contribution in [0, 0.1) is 12.5 Å². The van der Waals surface area contributed by atoms with E-state index in [1.54, 1.807) is 13.1 Å². The molecule has 1 aromatic heterocycles. The summed E-state index contributed by atoms with van der Waals surface area (Å²) in [7, 11) is 1.76. The Morgan fingerprint density at radius 2 is 2.06 bits per heavy atom. The van der Waals surface area contributed by atoms with E-state index in [1.165, 1.54) is 5.06 Å². The van der Waals surface area contributed by atoms with Gasteiger partial charge in [0.05, 0.1) is 11.2 Å². The predicted molar refractivity (Wildman–Crippen MR) is 120 cm³/mol. The molecular formula is C24H27N5O3. The first kappa shape index (κ1) is 20.7. The number of nitrogens with zero attached hydrogens (tertiary/aromatic N) is 4. The van der Waals surface area contributed by atoms with Crippen molar-refractivity contribution in [3.63, 3.8) is 0 Å². The smallest absolute Gasteiger partial charge is 0.270 e. The zero-order valence-corrected chi connectivity index (χ0v) is 18.5. The van der Waals surface area contributed by atoms with Gasteiger partial charge >= 0.3 is 0 Å². The van der Waals surface area contributed by atoms with Crippen LogP contribution < -0.4 is 10.5 Å². The van der Waals surface area contributed by atoms with Crippen molar-refractivity contribution in [1.82, 2.24) is 10.0 Å². The van der Waals surface area contributed by atoms with Crippen LogP contribution in [-0.2, 0) is 15.3 Å². The molecule has 0 amide bonds. The first-order valence-corrected chi connectivity index (χ1v) is 10.9. The van der Waals surface area contributed by atoms with Crippen LogP contribution in [0.25, 0.3) is 16.1 Å². The number of rotatable bonds is 2. The van der Waals surface area contributed by atoms with Crippen LogP contribution in [0.4, 0.5) is 5.82 Å². The van der Waals surface area contributed by atoms with E-state index in [1.807, 2.05) is 30.3 Å². The van der Waals surface area contributed by atoms with Gasteiger partial charge in [-0.25, -0.2) is 14.9 Å². The summed E-state index contributed by atoms with van der Waals surface area (Å²) < 4.78 is 12.4. The Labute approximate surface area is 187 Å². The molecule has 8 heteroatoms. The molecule has 8 nitrogen and oxygen atoms in total. The zero-order chi connectivity index (χ0) is 22.5. The standard InChI is InChI=1S/C24H27N5O3/c1-23(2)13-16(10-11-30-23)20-14-24(28-22(25)29(4)32-24)17-12-15(8-9-19(17)31-20)18-6-5-7-21(26-3)27-18/h5-9,12,16,20H,10-11,13-14H2,1-2,4H3,(H2,25,28). The van der Waals surface area contributed by atoms with Gasteiger partial charge in [-0.3, -0.25) is 0 Å². The Bertz CT molecular complexity index is 1120. The molecule has 1 fully saturated rings. The second kappa shape index (κ2) is 7.47. The molecule has 166 valence electrons. The van der Waals surface area contributed by atoms with E-state index in [0.717, 1.165) is 29.7 Å². The number of pyridine rings is 1. The average Bonchev–Trinajstić information content (AvgIpc) is 3.06. The number of guanidine groups is 1. The van der Waals surface area contributed by atoms with E-state index >= 15 is 0 Å². The molecule has 0 aliphatic carbocycles. The molecule has 1 aromatic carbocycles. The number of hydroxylamine groups is 2. The number of fused-ring (bicyclic) bond motifs is 2. The van der Waals surface area contributed by atoms with Crippen LogP contribution in [0.2, 0.25) is 0 Å². The van der Waals surface area contributed by atoms with Crippen molar-refractivity contribution in [3.8, 4) is 17.0 Å². The van der Waals surface area contributed by atoms with Gasteiger partial charge in [-0.2, -0.15) is 0 Å². The summed E-state index contributed by atoms with van der Waals surface area (Å²) in [5.74, 6) is 1.75. The third-order valence-electron chi connectivity index (χ3n) is 6.47. The van der Waals surface area contributed by atoms with E-state index in [0.29, 0.717) is 36.4 Å². The number of nitrogens with two attached hydrogens (primary N) is 1. The van der Waals surface area contributed by atoms with Gasteiger partial charge in [0.15, 0.2) is 5.69 Å². The molecule has 5 rings (SSSR count). The van der Waals surface area contributed by atoms with Crippen molar-refractivity contribution in [3.05, 3.63) is 53.4 Å². The Kier molecular flexibility index (Phi) is 4.84. The highest BCUT2D eigenvalue weighted by Gasteiger charge is 2.51. The molecule has 0 bridgehead atoms. The first-order chi connectivity index (χ1) is 15.3. The maximum absolute atomic E-state index is 7.25. The molecule has 1 saturated heterocycles. The minimum Gasteiger partial charge on any atom is -0.489 e. The van der Waals surface area contributed by atoms with Gasteiger partial charge in [-0.15, -0.1) is 4.98 Å². The van der Waals surface area contributed by atoms with E-state index in [9.17, 15) is 0 Å². The van der Waals surface area contributed by atoms with Crippen LogP contribution in [0.3, 0.4) is 0 Å². The number of aliphatic imine (C=N–C) groups is 1. The van der Waals surface area contributed by atoms with Crippen molar-refractivity contribution >= 4 is 11.8 Å². The summed E-state index contributed by atoms with van der Waals surface area (Å²) in [6.07, 6.45) is 2.33. The van der Waals surface area contributed by atoms with Gasteiger partial charge in [0, 0.05) is 31.6 Å². The highest BCUT2D eigenvalue weighted by atomic mass is 16.7. The number of hydrogen-bond donors (Lipinski definition) is 1. The lowest BCUT2D eigenvalue weighted by Crippen LogP contribution is -2.46. The maximum atomic E-state index is 7.25. The molecule has 3 unspecified atom stereocenters.